The van der Waals surface area contributed by atoms with E-state index >= 15 is 0 Å². The first-order valence-corrected chi connectivity index (χ1v) is 9.85. The maximum atomic E-state index is 5.64. The third-order valence-electron chi connectivity index (χ3n) is 4.21. The maximum Gasteiger partial charge on any atom is 0.0466 e. The van der Waals surface area contributed by atoms with Gasteiger partial charge in [-0.3, -0.25) is 0 Å². The fraction of sp³-hybridized carbons (Fsp3) is 1.00. The summed E-state index contributed by atoms with van der Waals surface area (Å²) in [6, 6.07) is 0. The van der Waals surface area contributed by atoms with Crippen LogP contribution in [-0.2, 0) is 4.74 Å². The molecule has 0 heterocycles. The Kier molecular flexibility index (Phi) is 18.0. The molecule has 0 saturated carbocycles. The van der Waals surface area contributed by atoms with Crippen molar-refractivity contribution in [3.63, 3.8) is 0 Å². The average Bonchev–Trinajstić information content (AvgIpc) is 2.46. The Labute approximate surface area is 135 Å². The monoisotopic (exact) mass is 298 g/mol. The van der Waals surface area contributed by atoms with E-state index in [1.165, 1.54) is 89.9 Å². The number of hydrogen-bond donors (Lipinski definition) is 0. The molecule has 0 unspecified atom stereocenters. The average molecular weight is 299 g/mol. The summed E-state index contributed by atoms with van der Waals surface area (Å²) in [6.45, 7) is 8.86. The van der Waals surface area contributed by atoms with Gasteiger partial charge in [0.25, 0.3) is 0 Å². The Morgan fingerprint density at radius 3 is 1.48 bits per heavy atom. The van der Waals surface area contributed by atoms with Crippen LogP contribution in [0.4, 0.5) is 0 Å². The predicted molar refractivity (Wildman–Crippen MR) is 96.0 cm³/mol. The van der Waals surface area contributed by atoms with Gasteiger partial charge in [-0.05, 0) is 18.8 Å². The highest BCUT2D eigenvalue weighted by molar-refractivity contribution is 4.50. The van der Waals surface area contributed by atoms with Gasteiger partial charge >= 0.3 is 0 Å². The topological polar surface area (TPSA) is 9.23 Å². The molecule has 1 heteroatoms. The summed E-state index contributed by atoms with van der Waals surface area (Å²) in [4.78, 5) is 0. The summed E-state index contributed by atoms with van der Waals surface area (Å²) < 4.78 is 5.64. The van der Waals surface area contributed by atoms with Crippen molar-refractivity contribution in [2.45, 2.75) is 111 Å². The van der Waals surface area contributed by atoms with Crippen LogP contribution in [0.25, 0.3) is 0 Å². The van der Waals surface area contributed by atoms with E-state index < -0.39 is 0 Å². The molecule has 0 aliphatic rings. The van der Waals surface area contributed by atoms with Crippen LogP contribution in [0.3, 0.4) is 0 Å². The molecule has 0 rings (SSSR count). The molecule has 0 aromatic carbocycles. The van der Waals surface area contributed by atoms with Gasteiger partial charge in [0.1, 0.15) is 0 Å². The zero-order chi connectivity index (χ0) is 15.6. The lowest BCUT2D eigenvalue weighted by molar-refractivity contribution is 0.126. The van der Waals surface area contributed by atoms with E-state index in [1.54, 1.807) is 0 Å². The normalized spacial score (nSPS) is 11.4. The van der Waals surface area contributed by atoms with Gasteiger partial charge in [0.05, 0.1) is 0 Å². The minimum atomic E-state index is 0.889. The fourth-order valence-electron chi connectivity index (χ4n) is 2.73. The van der Waals surface area contributed by atoms with Crippen LogP contribution in [0.1, 0.15) is 111 Å². The van der Waals surface area contributed by atoms with Crippen LogP contribution in [-0.4, -0.2) is 13.2 Å². The van der Waals surface area contributed by atoms with Gasteiger partial charge in [0, 0.05) is 13.2 Å². The largest absolute Gasteiger partial charge is 0.381 e. The lowest BCUT2D eigenvalue weighted by Crippen LogP contribution is -1.96. The van der Waals surface area contributed by atoms with Crippen molar-refractivity contribution in [2.75, 3.05) is 13.2 Å². The molecule has 0 amide bonds. The minimum Gasteiger partial charge on any atom is -0.381 e. The molecule has 0 saturated heterocycles. The predicted octanol–water partition coefficient (Wildman–Crippen LogP) is 7.14. The molecule has 0 aromatic heterocycles. The molecule has 1 nitrogen and oxygen atoms in total. The van der Waals surface area contributed by atoms with Crippen LogP contribution in [0, 0.1) is 5.92 Å². The van der Waals surface area contributed by atoms with E-state index in [-0.39, 0.29) is 0 Å². The van der Waals surface area contributed by atoms with Crippen molar-refractivity contribution in [3.8, 4) is 0 Å². The number of rotatable bonds is 17. The summed E-state index contributed by atoms with van der Waals surface area (Å²) in [5.74, 6) is 0.889. The van der Waals surface area contributed by atoms with Crippen LogP contribution >= 0.6 is 0 Å². The molecule has 0 aliphatic carbocycles. The van der Waals surface area contributed by atoms with E-state index in [2.05, 4.69) is 20.8 Å². The second kappa shape index (κ2) is 18.0. The van der Waals surface area contributed by atoms with Crippen molar-refractivity contribution in [2.24, 2.45) is 5.92 Å². The SMILES string of the molecule is CCCCCOCCCCCCCCCCCCC(C)C. The summed E-state index contributed by atoms with van der Waals surface area (Å²) in [5.41, 5.74) is 0. The van der Waals surface area contributed by atoms with Crippen molar-refractivity contribution in [3.05, 3.63) is 0 Å². The molecule has 0 radical (unpaired) electrons. The van der Waals surface area contributed by atoms with E-state index in [4.69, 9.17) is 4.74 Å². The Bertz CT molecular complexity index is 177. The first-order valence-electron chi connectivity index (χ1n) is 9.85. The third-order valence-corrected chi connectivity index (χ3v) is 4.21. The quantitative estimate of drug-likeness (QED) is 0.259. The van der Waals surface area contributed by atoms with Crippen LogP contribution in [0.15, 0.2) is 0 Å². The lowest BCUT2D eigenvalue weighted by Gasteiger charge is -2.05. The number of unbranched alkanes of at least 4 members (excludes halogenated alkanes) is 11. The standard InChI is InChI=1S/C20H42O/c1-4-5-15-18-21-19-16-13-11-9-7-6-8-10-12-14-17-20(2)3/h20H,4-19H2,1-3H3. The molecule has 128 valence electrons. The third kappa shape index (κ3) is 20.0. The highest BCUT2D eigenvalue weighted by Gasteiger charge is 1.96. The summed E-state index contributed by atoms with van der Waals surface area (Å²) in [5, 5.41) is 0. The zero-order valence-electron chi connectivity index (χ0n) is 15.3. The highest BCUT2D eigenvalue weighted by atomic mass is 16.5. The molecule has 0 bridgehead atoms. The molecule has 0 aromatic rings. The fourth-order valence-corrected chi connectivity index (χ4v) is 2.73. The van der Waals surface area contributed by atoms with E-state index in [1.807, 2.05) is 0 Å². The van der Waals surface area contributed by atoms with E-state index in [0.29, 0.717) is 0 Å². The first kappa shape index (κ1) is 21.0. The Morgan fingerprint density at radius 2 is 1.00 bits per heavy atom. The molecule has 0 N–H and O–H groups in total. The van der Waals surface area contributed by atoms with Gasteiger partial charge in [-0.25, -0.2) is 0 Å². The van der Waals surface area contributed by atoms with Gasteiger partial charge in [-0.2, -0.15) is 0 Å². The van der Waals surface area contributed by atoms with Crippen LogP contribution < -0.4 is 0 Å². The van der Waals surface area contributed by atoms with Crippen molar-refractivity contribution in [1.82, 2.24) is 0 Å². The van der Waals surface area contributed by atoms with E-state index in [9.17, 15) is 0 Å². The molecule has 0 spiro atoms. The lowest BCUT2D eigenvalue weighted by atomic mass is 10.0. The van der Waals surface area contributed by atoms with E-state index in [0.717, 1.165) is 19.1 Å². The van der Waals surface area contributed by atoms with Crippen molar-refractivity contribution in [1.29, 1.82) is 0 Å². The van der Waals surface area contributed by atoms with Crippen molar-refractivity contribution >= 4 is 0 Å². The second-order valence-corrected chi connectivity index (χ2v) is 7.04. The molecule has 0 fully saturated rings. The Morgan fingerprint density at radius 1 is 0.571 bits per heavy atom. The Balaban J connectivity index is 2.93. The number of hydrogen-bond acceptors (Lipinski definition) is 1. The smallest absolute Gasteiger partial charge is 0.0466 e. The zero-order valence-corrected chi connectivity index (χ0v) is 15.3. The highest BCUT2D eigenvalue weighted by Crippen LogP contribution is 2.13. The van der Waals surface area contributed by atoms with Gasteiger partial charge in [-0.1, -0.05) is 97.8 Å². The maximum absolute atomic E-state index is 5.64. The summed E-state index contributed by atoms with van der Waals surface area (Å²) in [7, 11) is 0. The van der Waals surface area contributed by atoms with Gasteiger partial charge in [0.2, 0.25) is 0 Å². The summed E-state index contributed by atoms with van der Waals surface area (Å²) >= 11 is 0. The minimum absolute atomic E-state index is 0.889. The van der Waals surface area contributed by atoms with Crippen LogP contribution in [0.2, 0.25) is 0 Å². The molecule has 0 aliphatic heterocycles. The van der Waals surface area contributed by atoms with Gasteiger partial charge < -0.3 is 4.74 Å². The van der Waals surface area contributed by atoms with Gasteiger partial charge in [-0.15, -0.1) is 0 Å². The van der Waals surface area contributed by atoms with Crippen molar-refractivity contribution < 1.29 is 4.74 Å². The van der Waals surface area contributed by atoms with Crippen LogP contribution in [0.5, 0.6) is 0 Å². The second-order valence-electron chi connectivity index (χ2n) is 7.04. The molecule has 21 heavy (non-hydrogen) atoms. The molecular weight excluding hydrogens is 256 g/mol. The summed E-state index contributed by atoms with van der Waals surface area (Å²) in [6.07, 6.45) is 19.4. The first-order chi connectivity index (χ1) is 10.3. The number of ether oxygens (including phenoxy) is 1. The Hall–Kier alpha value is -0.0400. The van der Waals surface area contributed by atoms with Gasteiger partial charge in [0.15, 0.2) is 0 Å². The molecular formula is C20H42O. The molecule has 0 atom stereocenters.